The van der Waals surface area contributed by atoms with Crippen LogP contribution in [0.1, 0.15) is 21.6 Å². The van der Waals surface area contributed by atoms with Gasteiger partial charge in [-0.05, 0) is 17.7 Å². The van der Waals surface area contributed by atoms with E-state index < -0.39 is 16.5 Å². The third-order valence-corrected chi connectivity index (χ3v) is 3.96. The minimum absolute atomic E-state index is 0.147. The summed E-state index contributed by atoms with van der Waals surface area (Å²) in [5.41, 5.74) is 2.57. The van der Waals surface area contributed by atoms with Crippen molar-refractivity contribution in [1.29, 1.82) is 0 Å². The number of hydrogen-bond donors (Lipinski definition) is 2. The summed E-state index contributed by atoms with van der Waals surface area (Å²) in [4.78, 5) is 23.0. The molecule has 3 aromatic rings. The molecule has 0 aliphatic heterocycles. The Balaban J connectivity index is 1.77. The van der Waals surface area contributed by atoms with Gasteiger partial charge in [0.25, 0.3) is 5.91 Å². The second kappa shape index (κ2) is 8.65. The van der Waals surface area contributed by atoms with Crippen molar-refractivity contribution in [3.8, 4) is 11.5 Å². The van der Waals surface area contributed by atoms with Crippen LogP contribution in [0.5, 0.6) is 11.5 Å². The van der Waals surface area contributed by atoms with E-state index in [1.54, 1.807) is 18.2 Å². The summed E-state index contributed by atoms with van der Waals surface area (Å²) in [6, 6.07) is 14.0. The number of hydrazone groups is 1. The SMILES string of the molecule is COc1cccc(/C=N/NC(=O)c2nn(Cc3ccccc3)cc2[N+](=O)[O-])c1O. The fourth-order valence-corrected chi connectivity index (χ4v) is 2.58. The van der Waals surface area contributed by atoms with Gasteiger partial charge in [-0.1, -0.05) is 36.4 Å². The van der Waals surface area contributed by atoms with E-state index in [2.05, 4.69) is 15.6 Å². The number of hydrogen-bond acceptors (Lipinski definition) is 7. The maximum absolute atomic E-state index is 12.3. The van der Waals surface area contributed by atoms with Crippen molar-refractivity contribution in [3.05, 3.63) is 81.7 Å². The van der Waals surface area contributed by atoms with Crippen LogP contribution in [-0.4, -0.2) is 39.0 Å². The monoisotopic (exact) mass is 395 g/mol. The Kier molecular flexibility index (Phi) is 5.83. The molecule has 148 valence electrons. The molecule has 10 heteroatoms. The van der Waals surface area contributed by atoms with Crippen LogP contribution in [0.15, 0.2) is 59.8 Å². The number of phenolic OH excluding ortho intramolecular Hbond substituents is 1. The molecule has 1 amide bonds. The van der Waals surface area contributed by atoms with Gasteiger partial charge >= 0.3 is 5.69 Å². The zero-order valence-electron chi connectivity index (χ0n) is 15.3. The maximum atomic E-state index is 12.3. The van der Waals surface area contributed by atoms with Crippen LogP contribution in [0.25, 0.3) is 0 Å². The van der Waals surface area contributed by atoms with Crippen molar-refractivity contribution < 1.29 is 19.6 Å². The number of aromatic nitrogens is 2. The molecule has 2 N–H and O–H groups in total. The molecule has 1 aromatic heterocycles. The summed E-state index contributed by atoms with van der Waals surface area (Å²) in [6.07, 6.45) is 2.39. The third kappa shape index (κ3) is 4.56. The van der Waals surface area contributed by atoms with Gasteiger partial charge in [0.05, 0.1) is 24.8 Å². The van der Waals surface area contributed by atoms with Crippen LogP contribution in [0, 0.1) is 10.1 Å². The number of para-hydroxylation sites is 1. The minimum atomic E-state index is -0.845. The van der Waals surface area contributed by atoms with Gasteiger partial charge < -0.3 is 9.84 Å². The number of nitro groups is 1. The van der Waals surface area contributed by atoms with E-state index in [-0.39, 0.29) is 23.7 Å². The highest BCUT2D eigenvalue weighted by molar-refractivity contribution is 5.96. The van der Waals surface area contributed by atoms with Crippen molar-refractivity contribution in [1.82, 2.24) is 15.2 Å². The fraction of sp³-hybridized carbons (Fsp3) is 0.105. The predicted octanol–water partition coefficient (Wildman–Crippen LogP) is 2.32. The smallest absolute Gasteiger partial charge is 0.320 e. The molecule has 0 aliphatic carbocycles. The van der Waals surface area contributed by atoms with Crippen molar-refractivity contribution in [2.45, 2.75) is 6.54 Å². The van der Waals surface area contributed by atoms with Crippen LogP contribution in [-0.2, 0) is 6.54 Å². The zero-order chi connectivity index (χ0) is 20.8. The molecule has 0 bridgehead atoms. The van der Waals surface area contributed by atoms with Crippen molar-refractivity contribution in [2.75, 3.05) is 7.11 Å². The lowest BCUT2D eigenvalue weighted by molar-refractivity contribution is -0.385. The predicted molar refractivity (Wildman–Crippen MR) is 104 cm³/mol. The average Bonchev–Trinajstić information content (AvgIpc) is 3.14. The van der Waals surface area contributed by atoms with Crippen molar-refractivity contribution >= 4 is 17.8 Å². The first-order valence-electron chi connectivity index (χ1n) is 8.44. The van der Waals surface area contributed by atoms with Crippen LogP contribution in [0.2, 0.25) is 0 Å². The standard InChI is InChI=1S/C19H17N5O5/c1-29-16-9-5-8-14(18(16)25)10-20-21-19(26)17-15(24(27)28)12-23(22-17)11-13-6-3-2-4-7-13/h2-10,12,25H,11H2,1H3,(H,21,26)/b20-10+. The molecular formula is C19H17N5O5. The van der Waals surface area contributed by atoms with Crippen LogP contribution in [0.4, 0.5) is 5.69 Å². The second-order valence-corrected chi connectivity index (χ2v) is 5.90. The first-order chi connectivity index (χ1) is 14.0. The number of phenols is 1. The molecule has 0 aliphatic rings. The summed E-state index contributed by atoms with van der Waals surface area (Å²) >= 11 is 0. The van der Waals surface area contributed by atoms with Gasteiger partial charge in [0.15, 0.2) is 11.5 Å². The number of nitrogens with zero attached hydrogens (tertiary/aromatic N) is 4. The Morgan fingerprint density at radius 3 is 2.76 bits per heavy atom. The Hall–Kier alpha value is -4.21. The van der Waals surface area contributed by atoms with Crippen molar-refractivity contribution in [3.63, 3.8) is 0 Å². The number of ether oxygens (including phenoxy) is 1. The maximum Gasteiger partial charge on any atom is 0.320 e. The Labute approximate surface area is 165 Å². The highest BCUT2D eigenvalue weighted by Crippen LogP contribution is 2.28. The molecule has 1 heterocycles. The number of benzene rings is 2. The molecule has 0 radical (unpaired) electrons. The van der Waals surface area contributed by atoms with Gasteiger partial charge in [-0.2, -0.15) is 10.2 Å². The van der Waals surface area contributed by atoms with E-state index >= 15 is 0 Å². The third-order valence-electron chi connectivity index (χ3n) is 3.96. The molecule has 0 atom stereocenters. The molecule has 3 rings (SSSR count). The summed E-state index contributed by atoms with van der Waals surface area (Å²) < 4.78 is 6.31. The number of amides is 1. The number of carbonyl (C=O) groups excluding carboxylic acids is 1. The molecule has 29 heavy (non-hydrogen) atoms. The molecule has 2 aromatic carbocycles. The Bertz CT molecular complexity index is 1060. The number of rotatable bonds is 7. The van der Waals surface area contributed by atoms with E-state index in [0.717, 1.165) is 5.56 Å². The summed E-state index contributed by atoms with van der Waals surface area (Å²) in [7, 11) is 1.41. The minimum Gasteiger partial charge on any atom is -0.504 e. The molecular weight excluding hydrogens is 378 g/mol. The van der Waals surface area contributed by atoms with Crippen LogP contribution in [0.3, 0.4) is 0 Å². The van der Waals surface area contributed by atoms with Gasteiger partial charge in [0, 0.05) is 5.56 Å². The van der Waals surface area contributed by atoms with E-state index in [4.69, 9.17) is 4.74 Å². The molecule has 0 spiro atoms. The van der Waals surface area contributed by atoms with Crippen LogP contribution < -0.4 is 10.2 Å². The van der Waals surface area contributed by atoms with E-state index in [9.17, 15) is 20.0 Å². The number of aromatic hydroxyl groups is 1. The highest BCUT2D eigenvalue weighted by atomic mass is 16.6. The first kappa shape index (κ1) is 19.5. The quantitative estimate of drug-likeness (QED) is 0.358. The number of carbonyl (C=O) groups is 1. The molecule has 0 unspecified atom stereocenters. The largest absolute Gasteiger partial charge is 0.504 e. The van der Waals surface area contributed by atoms with E-state index in [1.807, 2.05) is 30.3 Å². The van der Waals surface area contributed by atoms with E-state index in [1.165, 1.54) is 24.2 Å². The second-order valence-electron chi connectivity index (χ2n) is 5.90. The van der Waals surface area contributed by atoms with Gasteiger partial charge in [-0.25, -0.2) is 5.43 Å². The normalized spacial score (nSPS) is 10.8. The Morgan fingerprint density at radius 2 is 2.07 bits per heavy atom. The number of methoxy groups -OCH3 is 1. The van der Waals surface area contributed by atoms with Crippen molar-refractivity contribution in [2.24, 2.45) is 5.10 Å². The lowest BCUT2D eigenvalue weighted by Gasteiger charge is -2.04. The molecule has 0 saturated carbocycles. The average molecular weight is 395 g/mol. The van der Waals surface area contributed by atoms with Gasteiger partial charge in [0.1, 0.15) is 6.20 Å². The van der Waals surface area contributed by atoms with Gasteiger partial charge in [0.2, 0.25) is 5.69 Å². The van der Waals surface area contributed by atoms with Crippen LogP contribution >= 0.6 is 0 Å². The summed E-state index contributed by atoms with van der Waals surface area (Å²) in [5.74, 6) is -0.746. The molecule has 10 nitrogen and oxygen atoms in total. The highest BCUT2D eigenvalue weighted by Gasteiger charge is 2.25. The molecule has 0 fully saturated rings. The first-order valence-corrected chi connectivity index (χ1v) is 8.44. The fourth-order valence-electron chi connectivity index (χ4n) is 2.58. The lowest BCUT2D eigenvalue weighted by atomic mass is 10.2. The Morgan fingerprint density at radius 1 is 1.31 bits per heavy atom. The van der Waals surface area contributed by atoms with Gasteiger partial charge in [-0.3, -0.25) is 19.6 Å². The van der Waals surface area contributed by atoms with E-state index in [0.29, 0.717) is 5.56 Å². The zero-order valence-corrected chi connectivity index (χ0v) is 15.3. The summed E-state index contributed by atoms with van der Waals surface area (Å²) in [5, 5.41) is 29.0. The lowest BCUT2D eigenvalue weighted by Crippen LogP contribution is -2.19. The van der Waals surface area contributed by atoms with Gasteiger partial charge in [-0.15, -0.1) is 0 Å². The summed E-state index contributed by atoms with van der Waals surface area (Å²) in [6.45, 7) is 0.274. The topological polar surface area (TPSA) is 132 Å². The molecule has 0 saturated heterocycles. The number of nitrogens with one attached hydrogen (secondary N) is 1.